The summed E-state index contributed by atoms with van der Waals surface area (Å²) in [4.78, 5) is 13.2. The Kier molecular flexibility index (Phi) is 5.29. The Morgan fingerprint density at radius 2 is 1.94 bits per heavy atom. The van der Waals surface area contributed by atoms with Gasteiger partial charge in [0.25, 0.3) is 0 Å². The summed E-state index contributed by atoms with van der Waals surface area (Å²) in [6, 6.07) is 7.63. The van der Waals surface area contributed by atoms with E-state index in [0.717, 1.165) is 11.3 Å². The van der Waals surface area contributed by atoms with E-state index in [4.69, 9.17) is 11.6 Å². The highest BCUT2D eigenvalue weighted by atomic mass is 35.5. The monoisotopic (exact) mass is 255 g/mol. The summed E-state index contributed by atoms with van der Waals surface area (Å²) in [6.07, 6.45) is 1.30. The average molecular weight is 256 g/mol. The molecular formula is C13H18ClNO2. The second-order valence-corrected chi connectivity index (χ2v) is 4.59. The Morgan fingerprint density at radius 3 is 2.35 bits per heavy atom. The zero-order valence-electron chi connectivity index (χ0n) is 10.2. The van der Waals surface area contributed by atoms with Crippen LogP contribution in [0.15, 0.2) is 24.3 Å². The highest BCUT2D eigenvalue weighted by molar-refractivity contribution is 6.17. The van der Waals surface area contributed by atoms with Crippen LogP contribution in [0.1, 0.15) is 24.3 Å². The van der Waals surface area contributed by atoms with Crippen molar-refractivity contribution < 1.29 is 9.90 Å². The molecule has 0 aliphatic rings. The molecule has 1 aromatic carbocycles. The van der Waals surface area contributed by atoms with Gasteiger partial charge in [-0.05, 0) is 30.5 Å². The maximum absolute atomic E-state index is 11.2. The summed E-state index contributed by atoms with van der Waals surface area (Å²) in [5.41, 5.74) is 1.91. The standard InChI is InChI=1S/C13H18ClNO2/c1-15(2)11-7-5-10(6-8-11)12(13(16)17)4-3-9-14/h5-8,12H,3-4,9H2,1-2H3,(H,16,17)/t12-/m0/s1. The van der Waals surface area contributed by atoms with Crippen molar-refractivity contribution in [3.8, 4) is 0 Å². The van der Waals surface area contributed by atoms with Crippen molar-refractivity contribution in [2.75, 3.05) is 24.9 Å². The number of halogens is 1. The topological polar surface area (TPSA) is 40.5 Å². The smallest absolute Gasteiger partial charge is 0.310 e. The number of carboxylic acid groups (broad SMARTS) is 1. The molecule has 3 nitrogen and oxygen atoms in total. The van der Waals surface area contributed by atoms with Crippen molar-refractivity contribution in [2.45, 2.75) is 18.8 Å². The van der Waals surface area contributed by atoms with E-state index >= 15 is 0 Å². The molecule has 4 heteroatoms. The van der Waals surface area contributed by atoms with Crippen LogP contribution in [0.2, 0.25) is 0 Å². The van der Waals surface area contributed by atoms with Crippen LogP contribution in [-0.4, -0.2) is 31.1 Å². The lowest BCUT2D eigenvalue weighted by atomic mass is 9.94. The zero-order chi connectivity index (χ0) is 12.8. The lowest BCUT2D eigenvalue weighted by molar-refractivity contribution is -0.139. The number of carbonyl (C=O) groups is 1. The van der Waals surface area contributed by atoms with E-state index in [0.29, 0.717) is 18.7 Å². The third kappa shape index (κ3) is 3.93. The summed E-state index contributed by atoms with van der Waals surface area (Å²) in [6.45, 7) is 0. The quantitative estimate of drug-likeness (QED) is 0.795. The minimum absolute atomic E-state index is 0.454. The van der Waals surface area contributed by atoms with Crippen molar-refractivity contribution in [3.05, 3.63) is 29.8 Å². The first-order valence-electron chi connectivity index (χ1n) is 5.62. The van der Waals surface area contributed by atoms with Crippen LogP contribution in [0.5, 0.6) is 0 Å². The molecule has 0 spiro atoms. The van der Waals surface area contributed by atoms with Crippen LogP contribution < -0.4 is 4.90 Å². The molecule has 0 saturated carbocycles. The fourth-order valence-corrected chi connectivity index (χ4v) is 1.87. The molecule has 17 heavy (non-hydrogen) atoms. The van der Waals surface area contributed by atoms with Crippen LogP contribution in [-0.2, 0) is 4.79 Å². The predicted octanol–water partition coefficient (Wildman–Crippen LogP) is 2.94. The van der Waals surface area contributed by atoms with E-state index in [1.165, 1.54) is 0 Å². The van der Waals surface area contributed by atoms with Crippen LogP contribution in [0.3, 0.4) is 0 Å². The van der Waals surface area contributed by atoms with Gasteiger partial charge in [0.1, 0.15) is 0 Å². The number of hydrogen-bond donors (Lipinski definition) is 1. The first-order chi connectivity index (χ1) is 8.06. The molecule has 0 heterocycles. The first-order valence-corrected chi connectivity index (χ1v) is 6.15. The molecule has 1 rings (SSSR count). The third-order valence-corrected chi connectivity index (χ3v) is 3.00. The molecule has 0 unspecified atom stereocenters. The first kappa shape index (κ1) is 13.8. The van der Waals surface area contributed by atoms with Crippen molar-refractivity contribution in [2.24, 2.45) is 0 Å². The number of alkyl halides is 1. The normalized spacial score (nSPS) is 12.2. The van der Waals surface area contributed by atoms with E-state index in [-0.39, 0.29) is 0 Å². The lowest BCUT2D eigenvalue weighted by Crippen LogP contribution is -2.13. The van der Waals surface area contributed by atoms with E-state index in [1.807, 2.05) is 43.3 Å². The molecule has 0 aromatic heterocycles. The lowest BCUT2D eigenvalue weighted by Gasteiger charge is -2.15. The molecule has 0 saturated heterocycles. The number of nitrogens with zero attached hydrogens (tertiary/aromatic N) is 1. The maximum Gasteiger partial charge on any atom is 0.310 e. The molecule has 0 radical (unpaired) electrons. The maximum atomic E-state index is 11.2. The van der Waals surface area contributed by atoms with Crippen LogP contribution in [0.25, 0.3) is 0 Å². The van der Waals surface area contributed by atoms with Gasteiger partial charge >= 0.3 is 5.97 Å². The summed E-state index contributed by atoms with van der Waals surface area (Å²) >= 11 is 5.60. The summed E-state index contributed by atoms with van der Waals surface area (Å²) in [5.74, 6) is -0.739. The molecule has 0 fully saturated rings. The predicted molar refractivity (Wildman–Crippen MR) is 71.1 cm³/mol. The molecule has 1 aromatic rings. The Hall–Kier alpha value is -1.22. The van der Waals surface area contributed by atoms with Gasteiger partial charge < -0.3 is 10.0 Å². The van der Waals surface area contributed by atoms with E-state index in [2.05, 4.69) is 0 Å². The van der Waals surface area contributed by atoms with Gasteiger partial charge in [-0.2, -0.15) is 0 Å². The van der Waals surface area contributed by atoms with Gasteiger partial charge in [0, 0.05) is 25.7 Å². The Balaban J connectivity index is 2.83. The Bertz CT molecular complexity index is 362. The number of carboxylic acids is 1. The van der Waals surface area contributed by atoms with Gasteiger partial charge in [0.15, 0.2) is 0 Å². The van der Waals surface area contributed by atoms with E-state index in [1.54, 1.807) is 0 Å². The van der Waals surface area contributed by atoms with Gasteiger partial charge in [0.2, 0.25) is 0 Å². The number of anilines is 1. The molecule has 0 aliphatic carbocycles. The molecule has 0 bridgehead atoms. The minimum atomic E-state index is -0.785. The highest BCUT2D eigenvalue weighted by Crippen LogP contribution is 2.24. The van der Waals surface area contributed by atoms with E-state index in [9.17, 15) is 9.90 Å². The number of aliphatic carboxylic acids is 1. The van der Waals surface area contributed by atoms with Crippen molar-refractivity contribution >= 4 is 23.3 Å². The number of hydrogen-bond acceptors (Lipinski definition) is 2. The molecule has 1 N–H and O–H groups in total. The van der Waals surface area contributed by atoms with Gasteiger partial charge in [0.05, 0.1) is 5.92 Å². The second kappa shape index (κ2) is 6.50. The molecule has 1 atom stereocenters. The minimum Gasteiger partial charge on any atom is -0.481 e. The fraction of sp³-hybridized carbons (Fsp3) is 0.462. The van der Waals surface area contributed by atoms with E-state index < -0.39 is 11.9 Å². The molecule has 94 valence electrons. The van der Waals surface area contributed by atoms with Gasteiger partial charge in [-0.15, -0.1) is 11.6 Å². The average Bonchev–Trinajstić information content (AvgIpc) is 2.29. The van der Waals surface area contributed by atoms with Crippen molar-refractivity contribution in [1.29, 1.82) is 0 Å². The molecule has 0 amide bonds. The van der Waals surface area contributed by atoms with Crippen LogP contribution in [0.4, 0.5) is 5.69 Å². The zero-order valence-corrected chi connectivity index (χ0v) is 10.9. The SMILES string of the molecule is CN(C)c1ccc([C@H](CCCCl)C(=O)O)cc1. The van der Waals surface area contributed by atoms with Gasteiger partial charge in [-0.25, -0.2) is 0 Å². The molecule has 0 aliphatic heterocycles. The van der Waals surface area contributed by atoms with Crippen molar-refractivity contribution in [1.82, 2.24) is 0 Å². The van der Waals surface area contributed by atoms with Gasteiger partial charge in [-0.3, -0.25) is 4.79 Å². The van der Waals surface area contributed by atoms with Gasteiger partial charge in [-0.1, -0.05) is 12.1 Å². The Labute approximate surface area is 107 Å². The largest absolute Gasteiger partial charge is 0.481 e. The third-order valence-electron chi connectivity index (χ3n) is 2.74. The summed E-state index contributed by atoms with van der Waals surface area (Å²) in [7, 11) is 3.91. The Morgan fingerprint density at radius 1 is 1.35 bits per heavy atom. The van der Waals surface area contributed by atoms with Crippen LogP contribution in [0, 0.1) is 0 Å². The van der Waals surface area contributed by atoms with Crippen molar-refractivity contribution in [3.63, 3.8) is 0 Å². The summed E-state index contributed by atoms with van der Waals surface area (Å²) < 4.78 is 0. The fourth-order valence-electron chi connectivity index (χ4n) is 1.72. The number of rotatable bonds is 6. The highest BCUT2D eigenvalue weighted by Gasteiger charge is 2.18. The number of benzene rings is 1. The second-order valence-electron chi connectivity index (χ2n) is 4.21. The van der Waals surface area contributed by atoms with Crippen LogP contribution >= 0.6 is 11.6 Å². The summed E-state index contributed by atoms with van der Waals surface area (Å²) in [5, 5.41) is 9.18. The molecular weight excluding hydrogens is 238 g/mol.